The number of nitrogens with zero attached hydrogens (tertiary/aromatic N) is 4. The van der Waals surface area contributed by atoms with Crippen molar-refractivity contribution in [3.05, 3.63) is 17.8 Å². The Bertz CT molecular complexity index is 399. The molecule has 2 rings (SSSR count). The average molecular weight is 235 g/mol. The molecule has 1 aromatic rings. The molecule has 6 heteroatoms. The van der Waals surface area contributed by atoms with Crippen molar-refractivity contribution in [3.63, 3.8) is 0 Å². The third kappa shape index (κ3) is 2.64. The first-order chi connectivity index (χ1) is 8.33. The van der Waals surface area contributed by atoms with E-state index in [-0.39, 0.29) is 5.84 Å². The minimum atomic E-state index is 0.0825. The number of nitrogens with two attached hydrogens (primary N) is 1. The van der Waals surface area contributed by atoms with Crippen LogP contribution in [0, 0.1) is 0 Å². The first-order valence-corrected chi connectivity index (χ1v) is 5.87. The fourth-order valence-corrected chi connectivity index (χ4v) is 2.09. The van der Waals surface area contributed by atoms with Gasteiger partial charge in [0.05, 0.1) is 11.8 Å². The molecular formula is C11H17N5O. The van der Waals surface area contributed by atoms with E-state index in [1.165, 1.54) is 12.8 Å². The van der Waals surface area contributed by atoms with Crippen LogP contribution in [0.25, 0.3) is 0 Å². The molecule has 0 aromatic carbocycles. The van der Waals surface area contributed by atoms with Gasteiger partial charge in [0, 0.05) is 13.1 Å². The lowest BCUT2D eigenvalue weighted by atomic mass is 10.2. The number of rotatable bonds is 2. The fraction of sp³-hybridized carbons (Fsp3) is 0.545. The summed E-state index contributed by atoms with van der Waals surface area (Å²) < 4.78 is 0. The SMILES string of the molecule is N/C(=N/O)c1ccnnc1N1CCCCCC1. The first-order valence-electron chi connectivity index (χ1n) is 5.87. The minimum absolute atomic E-state index is 0.0825. The topological polar surface area (TPSA) is 87.6 Å². The van der Waals surface area contributed by atoms with Crippen LogP contribution in [-0.2, 0) is 0 Å². The number of aromatic nitrogens is 2. The quantitative estimate of drug-likeness (QED) is 0.345. The van der Waals surface area contributed by atoms with Gasteiger partial charge in [0.25, 0.3) is 0 Å². The molecular weight excluding hydrogens is 218 g/mol. The molecule has 1 aromatic heterocycles. The van der Waals surface area contributed by atoms with Gasteiger partial charge in [-0.05, 0) is 18.9 Å². The number of hydrogen-bond donors (Lipinski definition) is 2. The Morgan fingerprint density at radius 1 is 1.29 bits per heavy atom. The Labute approximate surface area is 100 Å². The maximum Gasteiger partial charge on any atom is 0.173 e. The summed E-state index contributed by atoms with van der Waals surface area (Å²) in [4.78, 5) is 2.16. The number of oxime groups is 1. The van der Waals surface area contributed by atoms with Crippen LogP contribution in [0.15, 0.2) is 17.4 Å². The molecule has 0 atom stereocenters. The van der Waals surface area contributed by atoms with Crippen LogP contribution < -0.4 is 10.6 Å². The molecule has 1 aliphatic rings. The predicted octanol–water partition coefficient (Wildman–Crippen LogP) is 0.951. The van der Waals surface area contributed by atoms with Gasteiger partial charge in [-0.1, -0.05) is 18.0 Å². The highest BCUT2D eigenvalue weighted by Crippen LogP contribution is 2.20. The van der Waals surface area contributed by atoms with Crippen molar-refractivity contribution in [2.24, 2.45) is 10.9 Å². The number of amidine groups is 1. The normalized spacial score (nSPS) is 17.9. The maximum atomic E-state index is 8.76. The van der Waals surface area contributed by atoms with Gasteiger partial charge >= 0.3 is 0 Å². The van der Waals surface area contributed by atoms with Crippen molar-refractivity contribution in [2.45, 2.75) is 25.7 Å². The molecule has 0 saturated carbocycles. The molecule has 1 fully saturated rings. The summed E-state index contributed by atoms with van der Waals surface area (Å²) in [5, 5.41) is 19.8. The summed E-state index contributed by atoms with van der Waals surface area (Å²) >= 11 is 0. The summed E-state index contributed by atoms with van der Waals surface area (Å²) in [6.45, 7) is 1.90. The van der Waals surface area contributed by atoms with Gasteiger partial charge in [-0.3, -0.25) is 0 Å². The van der Waals surface area contributed by atoms with Crippen LogP contribution in [0.5, 0.6) is 0 Å². The molecule has 2 heterocycles. The Hall–Kier alpha value is -1.85. The van der Waals surface area contributed by atoms with E-state index < -0.39 is 0 Å². The molecule has 0 bridgehead atoms. The Morgan fingerprint density at radius 2 is 2.00 bits per heavy atom. The highest BCUT2D eigenvalue weighted by Gasteiger charge is 2.17. The third-order valence-electron chi connectivity index (χ3n) is 2.99. The van der Waals surface area contributed by atoms with E-state index in [0.29, 0.717) is 11.4 Å². The summed E-state index contributed by atoms with van der Waals surface area (Å²) in [5.74, 6) is 0.795. The lowest BCUT2D eigenvalue weighted by molar-refractivity contribution is 0.318. The summed E-state index contributed by atoms with van der Waals surface area (Å²) in [5.41, 5.74) is 6.29. The molecule has 92 valence electrons. The molecule has 17 heavy (non-hydrogen) atoms. The largest absolute Gasteiger partial charge is 0.409 e. The van der Waals surface area contributed by atoms with E-state index in [1.54, 1.807) is 12.3 Å². The van der Waals surface area contributed by atoms with Crippen molar-refractivity contribution in [3.8, 4) is 0 Å². The molecule has 1 aliphatic heterocycles. The Kier molecular flexibility index (Phi) is 3.74. The van der Waals surface area contributed by atoms with Gasteiger partial charge in [0.1, 0.15) is 0 Å². The molecule has 6 nitrogen and oxygen atoms in total. The molecule has 0 amide bonds. The van der Waals surface area contributed by atoms with Crippen LogP contribution in [0.4, 0.5) is 5.82 Å². The second kappa shape index (κ2) is 5.47. The second-order valence-corrected chi connectivity index (χ2v) is 4.15. The van der Waals surface area contributed by atoms with E-state index in [9.17, 15) is 0 Å². The zero-order valence-corrected chi connectivity index (χ0v) is 9.71. The second-order valence-electron chi connectivity index (χ2n) is 4.15. The van der Waals surface area contributed by atoms with Crippen molar-refractivity contribution >= 4 is 11.7 Å². The van der Waals surface area contributed by atoms with Crippen LogP contribution >= 0.6 is 0 Å². The molecule has 0 unspecified atom stereocenters. The van der Waals surface area contributed by atoms with E-state index in [2.05, 4.69) is 20.3 Å². The molecule has 0 radical (unpaired) electrons. The highest BCUT2D eigenvalue weighted by atomic mass is 16.4. The lowest BCUT2D eigenvalue weighted by Gasteiger charge is -2.22. The zero-order chi connectivity index (χ0) is 12.1. The molecule has 3 N–H and O–H groups in total. The number of anilines is 1. The molecule has 0 aliphatic carbocycles. The van der Waals surface area contributed by atoms with Gasteiger partial charge in [0.15, 0.2) is 11.7 Å². The van der Waals surface area contributed by atoms with Gasteiger partial charge in [-0.2, -0.15) is 5.10 Å². The van der Waals surface area contributed by atoms with E-state index in [4.69, 9.17) is 10.9 Å². The smallest absolute Gasteiger partial charge is 0.173 e. The van der Waals surface area contributed by atoms with Crippen molar-refractivity contribution in [1.82, 2.24) is 10.2 Å². The standard InChI is InChI=1S/C11H17N5O/c12-10(15-17)9-5-6-13-14-11(9)16-7-3-1-2-4-8-16/h5-6,17H,1-4,7-8H2,(H2,12,15). The van der Waals surface area contributed by atoms with Crippen LogP contribution in [-0.4, -0.2) is 34.3 Å². The minimum Gasteiger partial charge on any atom is -0.409 e. The van der Waals surface area contributed by atoms with Crippen LogP contribution in [0.3, 0.4) is 0 Å². The van der Waals surface area contributed by atoms with Gasteiger partial charge in [-0.25, -0.2) is 0 Å². The van der Waals surface area contributed by atoms with Gasteiger partial charge in [0.2, 0.25) is 0 Å². The molecule has 0 spiro atoms. The van der Waals surface area contributed by atoms with Crippen molar-refractivity contribution in [2.75, 3.05) is 18.0 Å². The van der Waals surface area contributed by atoms with Crippen molar-refractivity contribution < 1.29 is 5.21 Å². The summed E-state index contributed by atoms with van der Waals surface area (Å²) in [6.07, 6.45) is 6.33. The van der Waals surface area contributed by atoms with Crippen LogP contribution in [0.1, 0.15) is 31.2 Å². The summed E-state index contributed by atoms with van der Waals surface area (Å²) in [6, 6.07) is 1.72. The average Bonchev–Trinajstić information content (AvgIpc) is 2.66. The van der Waals surface area contributed by atoms with Crippen LogP contribution in [0.2, 0.25) is 0 Å². The Balaban J connectivity index is 2.30. The van der Waals surface area contributed by atoms with Gasteiger partial charge < -0.3 is 15.8 Å². The lowest BCUT2D eigenvalue weighted by Crippen LogP contribution is -2.29. The molecule has 1 saturated heterocycles. The fourth-order valence-electron chi connectivity index (χ4n) is 2.09. The predicted molar refractivity (Wildman–Crippen MR) is 65.2 cm³/mol. The van der Waals surface area contributed by atoms with E-state index >= 15 is 0 Å². The number of hydrogen-bond acceptors (Lipinski definition) is 5. The van der Waals surface area contributed by atoms with E-state index in [0.717, 1.165) is 25.9 Å². The van der Waals surface area contributed by atoms with E-state index in [1.807, 2.05) is 0 Å². The monoisotopic (exact) mass is 235 g/mol. The summed E-state index contributed by atoms with van der Waals surface area (Å²) in [7, 11) is 0. The third-order valence-corrected chi connectivity index (χ3v) is 2.99. The zero-order valence-electron chi connectivity index (χ0n) is 9.71. The highest BCUT2D eigenvalue weighted by molar-refractivity contribution is 6.01. The maximum absolute atomic E-state index is 8.76. The van der Waals surface area contributed by atoms with Gasteiger partial charge in [-0.15, -0.1) is 5.10 Å². The Morgan fingerprint density at radius 3 is 2.65 bits per heavy atom. The first kappa shape index (κ1) is 11.6. The van der Waals surface area contributed by atoms with Crippen molar-refractivity contribution in [1.29, 1.82) is 0 Å².